The summed E-state index contributed by atoms with van der Waals surface area (Å²) in [6.45, 7) is 5.27. The first-order valence-electron chi connectivity index (χ1n) is 7.30. The van der Waals surface area contributed by atoms with Gasteiger partial charge in [0.05, 0.1) is 18.5 Å². The number of carbonyl (C=O) groups excluding carboxylic acids is 1. The number of hydrogen-bond donors (Lipinski definition) is 0. The zero-order valence-electron chi connectivity index (χ0n) is 14.2. The van der Waals surface area contributed by atoms with E-state index in [0.717, 1.165) is 22.4 Å². The van der Waals surface area contributed by atoms with Crippen LogP contribution in [0.2, 0.25) is 0 Å². The van der Waals surface area contributed by atoms with Crippen molar-refractivity contribution in [3.05, 3.63) is 53.1 Å². The molecule has 2 aromatic rings. The molecule has 0 aliphatic rings. The molecule has 0 N–H and O–H groups in total. The van der Waals surface area contributed by atoms with Crippen molar-refractivity contribution in [2.75, 3.05) is 12.4 Å². The summed E-state index contributed by atoms with van der Waals surface area (Å²) >= 11 is 3.21. The molecule has 0 saturated carbocycles. The van der Waals surface area contributed by atoms with Gasteiger partial charge in [0.2, 0.25) is 0 Å². The van der Waals surface area contributed by atoms with Crippen molar-refractivity contribution in [1.29, 1.82) is 5.26 Å². The van der Waals surface area contributed by atoms with Crippen molar-refractivity contribution in [1.82, 2.24) is 0 Å². The van der Waals surface area contributed by atoms with E-state index < -0.39 is 0 Å². The number of rotatable bonds is 5. The molecule has 4 nitrogen and oxygen atoms in total. The number of methoxy groups -OCH3 is 1. The molecule has 0 aromatic heterocycles. The molecule has 0 aliphatic heterocycles. The maximum Gasteiger partial charge on any atom is 0.173 e. The summed E-state index contributed by atoms with van der Waals surface area (Å²) in [5, 5.41) is 7.64. The molecule has 5 heteroatoms. The van der Waals surface area contributed by atoms with Crippen LogP contribution in [0.5, 0.6) is 17.2 Å². The Kier molecular flexibility index (Phi) is 8.00. The highest BCUT2D eigenvalue weighted by atomic mass is 79.9. The lowest BCUT2D eigenvalue weighted by molar-refractivity contribution is 0.102. The number of nitrogens with zero attached hydrogens (tertiary/aromatic N) is 1. The third-order valence-electron chi connectivity index (χ3n) is 3.18. The van der Waals surface area contributed by atoms with Crippen molar-refractivity contribution >= 4 is 21.7 Å². The van der Waals surface area contributed by atoms with Gasteiger partial charge in [0, 0.05) is 18.6 Å². The minimum absolute atomic E-state index is 0.0814. The van der Waals surface area contributed by atoms with Gasteiger partial charge in [0.1, 0.15) is 17.2 Å². The lowest BCUT2D eigenvalue weighted by atomic mass is 9.99. The van der Waals surface area contributed by atoms with Crippen molar-refractivity contribution in [2.45, 2.75) is 20.8 Å². The third kappa shape index (κ3) is 5.39. The molecule has 0 spiro atoms. The number of nitriles is 1. The molecule has 0 bridgehead atoms. The Balaban J connectivity index is 0.000000891. The van der Waals surface area contributed by atoms with Gasteiger partial charge in [-0.15, -0.1) is 0 Å². The first-order valence-corrected chi connectivity index (χ1v) is 8.42. The Morgan fingerprint density at radius 2 is 1.67 bits per heavy atom. The number of halogens is 1. The Morgan fingerprint density at radius 3 is 2.17 bits per heavy atom. The molecule has 24 heavy (non-hydrogen) atoms. The van der Waals surface area contributed by atoms with Crippen LogP contribution in [0.3, 0.4) is 0 Å². The molecule has 0 atom stereocenters. The van der Waals surface area contributed by atoms with E-state index in [4.69, 9.17) is 14.7 Å². The van der Waals surface area contributed by atoms with Crippen LogP contribution >= 0.6 is 15.9 Å². The Bertz CT molecular complexity index is 728. The van der Waals surface area contributed by atoms with Gasteiger partial charge in [0.15, 0.2) is 5.78 Å². The van der Waals surface area contributed by atoms with E-state index in [1.54, 1.807) is 13.2 Å². The maximum atomic E-state index is 11.9. The SMILES string of the molecule is CC#N.COc1cccc(Oc2cc(C)c(C(=O)CBr)c(C)c2)c1. The van der Waals surface area contributed by atoms with Crippen LogP contribution in [-0.4, -0.2) is 18.2 Å². The zero-order valence-corrected chi connectivity index (χ0v) is 15.8. The number of benzene rings is 2. The molecule has 0 amide bonds. The highest BCUT2D eigenvalue weighted by Gasteiger charge is 2.13. The normalized spacial score (nSPS) is 9.33. The Morgan fingerprint density at radius 1 is 1.12 bits per heavy atom. The zero-order chi connectivity index (χ0) is 18.1. The largest absolute Gasteiger partial charge is 0.497 e. The van der Waals surface area contributed by atoms with Gasteiger partial charge in [-0.3, -0.25) is 4.79 Å². The number of aryl methyl sites for hydroxylation is 2. The molecule has 0 radical (unpaired) electrons. The number of alkyl halides is 1. The van der Waals surface area contributed by atoms with Crippen LogP contribution in [0.15, 0.2) is 36.4 Å². The lowest BCUT2D eigenvalue weighted by Crippen LogP contribution is -2.05. The van der Waals surface area contributed by atoms with E-state index in [-0.39, 0.29) is 5.78 Å². The molecule has 126 valence electrons. The summed E-state index contributed by atoms with van der Waals surface area (Å²) in [4.78, 5) is 11.9. The quantitative estimate of drug-likeness (QED) is 0.519. The summed E-state index contributed by atoms with van der Waals surface area (Å²) < 4.78 is 11.0. The average Bonchev–Trinajstić information content (AvgIpc) is 2.55. The van der Waals surface area contributed by atoms with Gasteiger partial charge in [-0.1, -0.05) is 22.0 Å². The van der Waals surface area contributed by atoms with Gasteiger partial charge in [-0.2, -0.15) is 5.26 Å². The highest BCUT2D eigenvalue weighted by molar-refractivity contribution is 9.09. The van der Waals surface area contributed by atoms with Gasteiger partial charge >= 0.3 is 0 Å². The number of hydrogen-bond acceptors (Lipinski definition) is 4. The van der Waals surface area contributed by atoms with E-state index in [1.807, 2.05) is 50.2 Å². The standard InChI is InChI=1S/C17H17BrO3.C2H3N/c1-11-7-15(8-12(2)17(11)16(19)10-18)21-14-6-4-5-13(9-14)20-3;1-2-3/h4-9H,10H2,1-3H3;1H3. The number of carbonyl (C=O) groups is 1. The number of ether oxygens (including phenoxy) is 2. The van der Waals surface area contributed by atoms with Gasteiger partial charge in [-0.05, 0) is 49.2 Å². The summed E-state index contributed by atoms with van der Waals surface area (Å²) in [6, 6.07) is 12.9. The van der Waals surface area contributed by atoms with Crippen molar-refractivity contribution < 1.29 is 14.3 Å². The monoisotopic (exact) mass is 389 g/mol. The summed E-state index contributed by atoms with van der Waals surface area (Å²) in [5.41, 5.74) is 2.58. The van der Waals surface area contributed by atoms with Gasteiger partial charge < -0.3 is 9.47 Å². The first-order chi connectivity index (χ1) is 11.5. The fourth-order valence-corrected chi connectivity index (χ4v) is 2.57. The summed E-state index contributed by atoms with van der Waals surface area (Å²) in [5.74, 6) is 2.24. The predicted octanol–water partition coefficient (Wildman–Crippen LogP) is 5.21. The second-order valence-electron chi connectivity index (χ2n) is 4.99. The summed E-state index contributed by atoms with van der Waals surface area (Å²) in [7, 11) is 1.62. The van der Waals surface area contributed by atoms with Crippen LogP contribution in [0.4, 0.5) is 0 Å². The van der Waals surface area contributed by atoms with Crippen LogP contribution in [0, 0.1) is 25.2 Å². The minimum Gasteiger partial charge on any atom is -0.497 e. The van der Waals surface area contributed by atoms with Crippen LogP contribution in [0.25, 0.3) is 0 Å². The molecule has 0 heterocycles. The van der Waals surface area contributed by atoms with E-state index >= 15 is 0 Å². The molecule has 0 fully saturated rings. The fraction of sp³-hybridized carbons (Fsp3) is 0.263. The number of Topliss-reactive ketones (excluding diaryl/α,β-unsaturated/α-hetero) is 1. The Labute approximate surface area is 151 Å². The van der Waals surface area contributed by atoms with Crippen molar-refractivity contribution in [3.8, 4) is 23.3 Å². The van der Waals surface area contributed by atoms with E-state index in [1.165, 1.54) is 6.92 Å². The molecule has 0 unspecified atom stereocenters. The van der Waals surface area contributed by atoms with E-state index in [9.17, 15) is 4.79 Å². The molecule has 2 rings (SSSR count). The average molecular weight is 390 g/mol. The van der Waals surface area contributed by atoms with Gasteiger partial charge in [-0.25, -0.2) is 0 Å². The second kappa shape index (κ2) is 9.74. The van der Waals surface area contributed by atoms with Crippen LogP contribution < -0.4 is 9.47 Å². The predicted molar refractivity (Wildman–Crippen MR) is 98.4 cm³/mol. The van der Waals surface area contributed by atoms with Crippen molar-refractivity contribution in [2.24, 2.45) is 0 Å². The van der Waals surface area contributed by atoms with Crippen LogP contribution in [0.1, 0.15) is 28.4 Å². The second-order valence-corrected chi connectivity index (χ2v) is 5.55. The summed E-state index contributed by atoms with van der Waals surface area (Å²) in [6.07, 6.45) is 0. The smallest absolute Gasteiger partial charge is 0.173 e. The third-order valence-corrected chi connectivity index (χ3v) is 3.69. The molecular formula is C19H20BrNO3. The Hall–Kier alpha value is -2.32. The molecule has 2 aromatic carbocycles. The highest BCUT2D eigenvalue weighted by Crippen LogP contribution is 2.28. The van der Waals surface area contributed by atoms with Gasteiger partial charge in [0.25, 0.3) is 0 Å². The molecular weight excluding hydrogens is 370 g/mol. The maximum absolute atomic E-state index is 11.9. The van der Waals surface area contributed by atoms with Crippen LogP contribution in [-0.2, 0) is 0 Å². The lowest BCUT2D eigenvalue weighted by Gasteiger charge is -2.12. The molecule has 0 saturated heterocycles. The minimum atomic E-state index is 0.0814. The first kappa shape index (κ1) is 19.7. The topological polar surface area (TPSA) is 59.3 Å². The fourth-order valence-electron chi connectivity index (χ4n) is 2.29. The molecule has 0 aliphatic carbocycles. The van der Waals surface area contributed by atoms with E-state index in [2.05, 4.69) is 15.9 Å². The van der Waals surface area contributed by atoms with Crippen molar-refractivity contribution in [3.63, 3.8) is 0 Å². The van der Waals surface area contributed by atoms with E-state index in [0.29, 0.717) is 16.8 Å². The number of ketones is 1.